The second kappa shape index (κ2) is 7.40. The monoisotopic (exact) mass is 348 g/mol. The third kappa shape index (κ3) is 3.64. The first kappa shape index (κ1) is 17.0. The maximum Gasteiger partial charge on any atom is 0.225 e. The summed E-state index contributed by atoms with van der Waals surface area (Å²) in [6, 6.07) is 0.379. The standard InChI is InChI=1S/C16H24N6OS/c1-4-14-19-15-7-6-12(9-22(15)20-14)17-8-13-10-24-16(18-13)21(5-2)11(3)23/h10,12,17H,4-9H2,1-3H3/t12-/m1/s1. The fourth-order valence-corrected chi connectivity index (χ4v) is 3.85. The lowest BCUT2D eigenvalue weighted by molar-refractivity contribution is -0.116. The van der Waals surface area contributed by atoms with E-state index in [4.69, 9.17) is 0 Å². The molecule has 1 atom stereocenters. The molecule has 0 aliphatic carbocycles. The Morgan fingerprint density at radius 1 is 1.46 bits per heavy atom. The minimum Gasteiger partial charge on any atom is -0.306 e. The van der Waals surface area contributed by atoms with Gasteiger partial charge in [-0.15, -0.1) is 11.3 Å². The molecule has 3 heterocycles. The number of nitrogens with zero attached hydrogens (tertiary/aromatic N) is 5. The zero-order valence-electron chi connectivity index (χ0n) is 14.4. The summed E-state index contributed by atoms with van der Waals surface area (Å²) >= 11 is 1.52. The lowest BCUT2D eigenvalue weighted by Crippen LogP contribution is -2.37. The van der Waals surface area contributed by atoms with E-state index in [1.165, 1.54) is 11.3 Å². The van der Waals surface area contributed by atoms with E-state index in [9.17, 15) is 4.79 Å². The number of hydrogen-bond donors (Lipinski definition) is 1. The highest BCUT2D eigenvalue weighted by Crippen LogP contribution is 2.21. The van der Waals surface area contributed by atoms with Gasteiger partial charge in [-0.3, -0.25) is 9.69 Å². The zero-order valence-corrected chi connectivity index (χ0v) is 15.3. The number of amides is 1. The lowest BCUT2D eigenvalue weighted by atomic mass is 10.1. The minimum atomic E-state index is 0.0316. The largest absolute Gasteiger partial charge is 0.306 e. The SMILES string of the molecule is CCc1nc2n(n1)C[C@H](NCc1csc(N(CC)C(C)=O)n1)CC2. The number of aromatic nitrogens is 4. The zero-order chi connectivity index (χ0) is 17.1. The van der Waals surface area contributed by atoms with Crippen LogP contribution in [0.1, 0.15) is 44.5 Å². The van der Waals surface area contributed by atoms with Gasteiger partial charge in [-0.25, -0.2) is 14.6 Å². The Labute approximate surface area is 146 Å². The van der Waals surface area contributed by atoms with Gasteiger partial charge in [0.05, 0.1) is 12.2 Å². The number of anilines is 1. The first-order valence-electron chi connectivity index (χ1n) is 8.49. The van der Waals surface area contributed by atoms with Gasteiger partial charge >= 0.3 is 0 Å². The molecule has 0 fully saturated rings. The Morgan fingerprint density at radius 3 is 3.00 bits per heavy atom. The molecule has 0 bridgehead atoms. The Kier molecular flexibility index (Phi) is 5.25. The van der Waals surface area contributed by atoms with E-state index >= 15 is 0 Å². The molecule has 0 aromatic carbocycles. The van der Waals surface area contributed by atoms with E-state index in [1.807, 2.05) is 17.0 Å². The van der Waals surface area contributed by atoms with Crippen LogP contribution in [0.15, 0.2) is 5.38 Å². The Balaban J connectivity index is 1.57. The van der Waals surface area contributed by atoms with Crippen LogP contribution in [0.2, 0.25) is 0 Å². The third-order valence-corrected chi connectivity index (χ3v) is 5.17. The second-order valence-electron chi connectivity index (χ2n) is 5.98. The summed E-state index contributed by atoms with van der Waals surface area (Å²) in [7, 11) is 0. The maximum atomic E-state index is 11.6. The van der Waals surface area contributed by atoms with Gasteiger partial charge in [-0.2, -0.15) is 5.10 Å². The van der Waals surface area contributed by atoms with Crippen LogP contribution in [0.5, 0.6) is 0 Å². The number of thiazole rings is 1. The van der Waals surface area contributed by atoms with Crippen LogP contribution >= 0.6 is 11.3 Å². The quantitative estimate of drug-likeness (QED) is 0.861. The third-order valence-electron chi connectivity index (χ3n) is 4.26. The van der Waals surface area contributed by atoms with Crippen LogP contribution in [0.3, 0.4) is 0 Å². The molecule has 7 nitrogen and oxygen atoms in total. The first-order valence-corrected chi connectivity index (χ1v) is 9.37. The molecule has 130 valence electrons. The molecular formula is C16H24N6OS. The van der Waals surface area contributed by atoms with Crippen LogP contribution in [0.4, 0.5) is 5.13 Å². The average Bonchev–Trinajstić information content (AvgIpc) is 3.19. The van der Waals surface area contributed by atoms with Crippen molar-refractivity contribution in [2.24, 2.45) is 0 Å². The normalized spacial score (nSPS) is 16.9. The molecule has 1 N–H and O–H groups in total. The summed E-state index contributed by atoms with van der Waals surface area (Å²) < 4.78 is 2.03. The van der Waals surface area contributed by atoms with Crippen molar-refractivity contribution < 1.29 is 4.79 Å². The Morgan fingerprint density at radius 2 is 2.29 bits per heavy atom. The highest BCUT2D eigenvalue weighted by molar-refractivity contribution is 7.14. The Hall–Kier alpha value is -1.80. The summed E-state index contributed by atoms with van der Waals surface area (Å²) in [5.74, 6) is 2.06. The van der Waals surface area contributed by atoms with E-state index in [-0.39, 0.29) is 5.91 Å². The van der Waals surface area contributed by atoms with Crippen LogP contribution < -0.4 is 10.2 Å². The molecule has 1 amide bonds. The molecule has 2 aromatic rings. The number of carbonyl (C=O) groups is 1. The molecule has 0 saturated carbocycles. The van der Waals surface area contributed by atoms with E-state index in [0.29, 0.717) is 19.1 Å². The summed E-state index contributed by atoms with van der Waals surface area (Å²) in [6.07, 6.45) is 2.90. The molecule has 8 heteroatoms. The summed E-state index contributed by atoms with van der Waals surface area (Å²) in [4.78, 5) is 22.4. The van der Waals surface area contributed by atoms with Crippen molar-refractivity contribution >= 4 is 22.4 Å². The van der Waals surface area contributed by atoms with Crippen LogP contribution in [-0.2, 0) is 30.7 Å². The first-order chi connectivity index (χ1) is 11.6. The van der Waals surface area contributed by atoms with Crippen LogP contribution in [-0.4, -0.2) is 38.2 Å². The molecule has 1 aliphatic heterocycles. The smallest absolute Gasteiger partial charge is 0.225 e. The number of hydrogen-bond acceptors (Lipinski definition) is 6. The van der Waals surface area contributed by atoms with Gasteiger partial charge in [-0.05, 0) is 13.3 Å². The molecule has 0 saturated heterocycles. The number of aryl methyl sites for hydroxylation is 2. The predicted molar refractivity (Wildman–Crippen MR) is 94.2 cm³/mol. The Bertz CT molecular complexity index is 709. The van der Waals surface area contributed by atoms with Gasteiger partial charge in [0.2, 0.25) is 5.91 Å². The van der Waals surface area contributed by atoms with Crippen LogP contribution in [0.25, 0.3) is 0 Å². The molecule has 2 aromatic heterocycles. The summed E-state index contributed by atoms with van der Waals surface area (Å²) in [5.41, 5.74) is 0.980. The van der Waals surface area contributed by atoms with Crippen molar-refractivity contribution in [2.75, 3.05) is 11.4 Å². The van der Waals surface area contributed by atoms with Crippen molar-refractivity contribution in [1.29, 1.82) is 0 Å². The molecule has 0 unspecified atom stereocenters. The molecular weight excluding hydrogens is 324 g/mol. The topological polar surface area (TPSA) is 75.9 Å². The second-order valence-corrected chi connectivity index (χ2v) is 6.82. The molecule has 0 radical (unpaired) electrons. The number of nitrogens with one attached hydrogen (secondary N) is 1. The van der Waals surface area contributed by atoms with Gasteiger partial charge < -0.3 is 5.32 Å². The van der Waals surface area contributed by atoms with Gasteiger partial charge in [0, 0.05) is 44.3 Å². The van der Waals surface area contributed by atoms with Gasteiger partial charge in [-0.1, -0.05) is 6.92 Å². The van der Waals surface area contributed by atoms with Crippen molar-refractivity contribution in [3.63, 3.8) is 0 Å². The average molecular weight is 348 g/mol. The van der Waals surface area contributed by atoms with Crippen molar-refractivity contribution in [3.05, 3.63) is 22.7 Å². The summed E-state index contributed by atoms with van der Waals surface area (Å²) in [5, 5.41) is 10.9. The number of fused-ring (bicyclic) bond motifs is 1. The van der Waals surface area contributed by atoms with Gasteiger partial charge in [0.25, 0.3) is 0 Å². The number of rotatable bonds is 6. The molecule has 1 aliphatic rings. The fourth-order valence-electron chi connectivity index (χ4n) is 2.92. The maximum absolute atomic E-state index is 11.6. The number of carbonyl (C=O) groups excluding carboxylic acids is 1. The van der Waals surface area contributed by atoms with Gasteiger partial charge in [0.1, 0.15) is 5.82 Å². The molecule has 3 rings (SSSR count). The van der Waals surface area contributed by atoms with E-state index in [0.717, 1.165) is 48.3 Å². The summed E-state index contributed by atoms with van der Waals surface area (Å²) in [6.45, 7) is 7.83. The van der Waals surface area contributed by atoms with E-state index < -0.39 is 0 Å². The highest BCUT2D eigenvalue weighted by Gasteiger charge is 2.21. The van der Waals surface area contributed by atoms with Gasteiger partial charge in [0.15, 0.2) is 11.0 Å². The highest BCUT2D eigenvalue weighted by atomic mass is 32.1. The van der Waals surface area contributed by atoms with E-state index in [2.05, 4.69) is 27.3 Å². The molecule has 0 spiro atoms. The molecule has 24 heavy (non-hydrogen) atoms. The van der Waals surface area contributed by atoms with E-state index in [1.54, 1.807) is 11.8 Å². The van der Waals surface area contributed by atoms with Crippen molar-refractivity contribution in [2.45, 2.75) is 59.2 Å². The fraction of sp³-hybridized carbons (Fsp3) is 0.625. The van der Waals surface area contributed by atoms with Crippen molar-refractivity contribution in [3.8, 4) is 0 Å². The minimum absolute atomic E-state index is 0.0316. The predicted octanol–water partition coefficient (Wildman–Crippen LogP) is 1.77. The lowest BCUT2D eigenvalue weighted by Gasteiger charge is -2.23. The van der Waals surface area contributed by atoms with Crippen molar-refractivity contribution in [1.82, 2.24) is 25.1 Å². The van der Waals surface area contributed by atoms with Crippen LogP contribution in [0, 0.1) is 0 Å².